The first-order chi connectivity index (χ1) is 11.0. The van der Waals surface area contributed by atoms with Gasteiger partial charge in [-0.25, -0.2) is 0 Å². The number of hydrogen-bond donors (Lipinski definition) is 1. The first kappa shape index (κ1) is 12.3. The maximum Gasteiger partial charge on any atom is 0.308 e. The van der Waals surface area contributed by atoms with Crippen LogP contribution in [0.3, 0.4) is 0 Å². The van der Waals surface area contributed by atoms with Crippen LogP contribution in [-0.4, -0.2) is 28.6 Å². The third-order valence-corrected chi connectivity index (χ3v) is 6.79. The monoisotopic (exact) mass is 310 g/mol. The van der Waals surface area contributed by atoms with E-state index in [1.807, 2.05) is 6.07 Å². The van der Waals surface area contributed by atoms with Crippen molar-refractivity contribution < 1.29 is 24.2 Å². The summed E-state index contributed by atoms with van der Waals surface area (Å²) in [5, 5.41) is 11.4. The highest BCUT2D eigenvalue weighted by Gasteiger charge is 2.95. The zero-order valence-corrected chi connectivity index (χ0v) is 12.5. The molecule has 0 amide bonds. The maximum atomic E-state index is 12.5. The van der Waals surface area contributed by atoms with Crippen LogP contribution in [0.5, 0.6) is 11.5 Å². The topological polar surface area (TPSA) is 72.8 Å². The fourth-order valence-electron chi connectivity index (χ4n) is 6.12. The molecule has 2 spiro atoms. The lowest BCUT2D eigenvalue weighted by molar-refractivity contribution is -0.185. The summed E-state index contributed by atoms with van der Waals surface area (Å²) in [7, 11) is 0. The number of ketones is 1. The Morgan fingerprint density at radius 1 is 1.43 bits per heavy atom. The Bertz CT molecular complexity index is 886. The van der Waals surface area contributed by atoms with E-state index in [4.69, 9.17) is 9.47 Å². The molecule has 2 fully saturated rings. The van der Waals surface area contributed by atoms with Crippen LogP contribution in [-0.2, 0) is 21.4 Å². The van der Waals surface area contributed by atoms with E-state index in [0.29, 0.717) is 11.5 Å². The molecule has 3 unspecified atom stereocenters. The average Bonchev–Trinajstić information content (AvgIpc) is 3.06. The molecule has 0 saturated heterocycles. The first-order valence-electron chi connectivity index (χ1n) is 7.92. The van der Waals surface area contributed by atoms with Crippen LogP contribution in [0.25, 0.3) is 0 Å². The molecule has 5 heteroatoms. The van der Waals surface area contributed by atoms with Crippen LogP contribution < -0.4 is 9.47 Å². The fourth-order valence-corrected chi connectivity index (χ4v) is 6.12. The quantitative estimate of drug-likeness (QED) is 0.620. The summed E-state index contributed by atoms with van der Waals surface area (Å²) in [6.07, 6.45) is 4.14. The third kappa shape index (κ3) is 0.923. The molecule has 5 nitrogen and oxygen atoms in total. The normalized spacial score (nSPS) is 45.6. The van der Waals surface area contributed by atoms with Crippen LogP contribution in [0.1, 0.15) is 24.5 Å². The van der Waals surface area contributed by atoms with Crippen molar-refractivity contribution in [2.45, 2.75) is 36.9 Å². The number of hydrogen-bond acceptors (Lipinski definition) is 5. The Morgan fingerprint density at radius 2 is 2.26 bits per heavy atom. The zero-order valence-electron chi connectivity index (χ0n) is 12.5. The van der Waals surface area contributed by atoms with E-state index >= 15 is 0 Å². The summed E-state index contributed by atoms with van der Waals surface area (Å²) in [5.74, 6) is 0.545. The number of rotatable bonds is 1. The lowest BCUT2D eigenvalue weighted by Gasteiger charge is -2.64. The van der Waals surface area contributed by atoms with Gasteiger partial charge in [0, 0.05) is 17.9 Å². The van der Waals surface area contributed by atoms with E-state index in [9.17, 15) is 14.7 Å². The molecule has 5 atom stereocenters. The molecule has 1 aromatic rings. The number of benzene rings is 1. The fraction of sp³-hybridized carbons (Fsp3) is 0.444. The summed E-state index contributed by atoms with van der Waals surface area (Å²) >= 11 is 0. The Hall–Kier alpha value is -2.14. The van der Waals surface area contributed by atoms with Gasteiger partial charge in [-0.3, -0.25) is 9.59 Å². The highest BCUT2D eigenvalue weighted by atomic mass is 16.6. The van der Waals surface area contributed by atoms with Crippen molar-refractivity contribution in [3.05, 3.63) is 35.4 Å². The zero-order chi connectivity index (χ0) is 15.8. The van der Waals surface area contributed by atoms with Gasteiger partial charge in [0.25, 0.3) is 0 Å². The predicted octanol–water partition coefficient (Wildman–Crippen LogP) is 1.06. The van der Waals surface area contributed by atoms with Crippen LogP contribution in [0, 0.1) is 11.3 Å². The Balaban J connectivity index is 1.68. The Labute approximate surface area is 131 Å². The molecular formula is C18H14O5. The van der Waals surface area contributed by atoms with Gasteiger partial charge < -0.3 is 14.6 Å². The summed E-state index contributed by atoms with van der Waals surface area (Å²) in [6.45, 7) is 1.34. The molecule has 1 aliphatic heterocycles. The lowest BCUT2D eigenvalue weighted by atomic mass is 9.40. The molecule has 5 aliphatic rings. The van der Waals surface area contributed by atoms with Gasteiger partial charge in [0.2, 0.25) is 0 Å². The molecule has 4 aliphatic carbocycles. The van der Waals surface area contributed by atoms with Gasteiger partial charge in [0.05, 0.1) is 5.41 Å². The van der Waals surface area contributed by atoms with Crippen LogP contribution in [0.2, 0.25) is 0 Å². The van der Waals surface area contributed by atoms with E-state index in [2.05, 4.69) is 0 Å². The molecule has 0 radical (unpaired) electrons. The number of esters is 1. The summed E-state index contributed by atoms with van der Waals surface area (Å²) in [5.41, 5.74) is 0.170. The molecule has 6 rings (SSSR count). The lowest BCUT2D eigenvalue weighted by Crippen LogP contribution is -2.76. The van der Waals surface area contributed by atoms with E-state index in [-0.39, 0.29) is 17.1 Å². The maximum absolute atomic E-state index is 12.5. The first-order valence-corrected chi connectivity index (χ1v) is 7.92. The second kappa shape index (κ2) is 3.08. The molecule has 2 bridgehead atoms. The van der Waals surface area contributed by atoms with Gasteiger partial charge in [-0.2, -0.15) is 0 Å². The van der Waals surface area contributed by atoms with Gasteiger partial charge in [-0.1, -0.05) is 6.07 Å². The van der Waals surface area contributed by atoms with E-state index in [0.717, 1.165) is 24.0 Å². The Kier molecular flexibility index (Phi) is 1.65. The molecular weight excluding hydrogens is 296 g/mol. The van der Waals surface area contributed by atoms with E-state index < -0.39 is 23.1 Å². The van der Waals surface area contributed by atoms with Crippen molar-refractivity contribution in [1.29, 1.82) is 0 Å². The number of carbonyl (C=O) groups excluding carboxylic acids is 2. The molecule has 1 aromatic carbocycles. The largest absolute Gasteiger partial charge is 0.477 e. The SMILES string of the molecule is CC(=O)Oc1ccc2c3c1O[C@H]1C(=O)C=C[C@@]4(O)C5(C2)CC5C314. The van der Waals surface area contributed by atoms with Gasteiger partial charge in [0.15, 0.2) is 23.4 Å². The molecule has 1 heterocycles. The average molecular weight is 310 g/mol. The number of ether oxygens (including phenoxy) is 2. The number of aliphatic hydroxyl groups is 1. The van der Waals surface area contributed by atoms with Crippen LogP contribution >= 0.6 is 0 Å². The van der Waals surface area contributed by atoms with Crippen LogP contribution in [0.15, 0.2) is 24.3 Å². The second-order valence-electron chi connectivity index (χ2n) is 7.48. The van der Waals surface area contributed by atoms with Gasteiger partial charge in [0.1, 0.15) is 5.60 Å². The summed E-state index contributed by atoms with van der Waals surface area (Å²) in [6, 6.07) is 3.68. The predicted molar refractivity (Wildman–Crippen MR) is 77.2 cm³/mol. The highest BCUT2D eigenvalue weighted by molar-refractivity contribution is 6.00. The summed E-state index contributed by atoms with van der Waals surface area (Å²) < 4.78 is 11.3. The van der Waals surface area contributed by atoms with Crippen molar-refractivity contribution in [3.8, 4) is 11.5 Å². The van der Waals surface area contributed by atoms with E-state index in [1.165, 1.54) is 13.0 Å². The van der Waals surface area contributed by atoms with Crippen LogP contribution in [0.4, 0.5) is 0 Å². The van der Waals surface area contributed by atoms with Crippen molar-refractivity contribution >= 4 is 11.8 Å². The number of carbonyl (C=O) groups is 2. The minimum atomic E-state index is -1.02. The van der Waals surface area contributed by atoms with Crippen molar-refractivity contribution in [3.63, 3.8) is 0 Å². The van der Waals surface area contributed by atoms with Gasteiger partial charge in [-0.15, -0.1) is 0 Å². The Morgan fingerprint density at radius 3 is 3.04 bits per heavy atom. The van der Waals surface area contributed by atoms with E-state index in [1.54, 1.807) is 12.1 Å². The minimum Gasteiger partial charge on any atom is -0.477 e. The highest BCUT2D eigenvalue weighted by Crippen LogP contribution is 2.89. The van der Waals surface area contributed by atoms with Crippen molar-refractivity contribution in [1.82, 2.24) is 0 Å². The molecule has 116 valence electrons. The van der Waals surface area contributed by atoms with Crippen molar-refractivity contribution in [2.75, 3.05) is 0 Å². The molecule has 2 saturated carbocycles. The second-order valence-corrected chi connectivity index (χ2v) is 7.48. The van der Waals surface area contributed by atoms with Gasteiger partial charge >= 0.3 is 5.97 Å². The van der Waals surface area contributed by atoms with Crippen molar-refractivity contribution in [2.24, 2.45) is 11.3 Å². The minimum absolute atomic E-state index is 0.118. The summed E-state index contributed by atoms with van der Waals surface area (Å²) in [4.78, 5) is 23.8. The molecule has 0 aromatic heterocycles. The molecule has 23 heavy (non-hydrogen) atoms. The smallest absolute Gasteiger partial charge is 0.308 e. The third-order valence-electron chi connectivity index (χ3n) is 6.79. The standard InChI is InChI=1S/C18H14O5/c1-8(19)22-11-3-2-9-6-16-7-12(16)18-13(9)14(11)23-15(18)10(20)4-5-17(16,18)21/h2-5,12,15,21H,6-7H2,1H3/t12?,15-,16?,17+,18?/m0/s1. The molecule has 1 N–H and O–H groups in total. The van der Waals surface area contributed by atoms with Gasteiger partial charge in [-0.05, 0) is 42.5 Å².